The third kappa shape index (κ3) is 4.99. The van der Waals surface area contributed by atoms with Gasteiger partial charge in [0.25, 0.3) is 0 Å². The topological polar surface area (TPSA) is 112 Å². The molecule has 1 heterocycles. The average molecular weight is 392 g/mol. The summed E-state index contributed by atoms with van der Waals surface area (Å²) in [4.78, 5) is 18.9. The number of pyridine rings is 1. The number of benzene rings is 2. The van der Waals surface area contributed by atoms with Crippen molar-refractivity contribution >= 4 is 34.9 Å². The maximum Gasteiger partial charge on any atom is 0.488 e. The molecule has 8 heteroatoms. The molecule has 0 aliphatic heterocycles. The van der Waals surface area contributed by atoms with Gasteiger partial charge in [0.1, 0.15) is 0 Å². The van der Waals surface area contributed by atoms with Crippen molar-refractivity contribution in [3.8, 4) is 0 Å². The van der Waals surface area contributed by atoms with Crippen LogP contribution in [0.25, 0.3) is 10.8 Å². The minimum absolute atomic E-state index is 0.131. The van der Waals surface area contributed by atoms with E-state index in [1.165, 1.54) is 0 Å². The van der Waals surface area contributed by atoms with Gasteiger partial charge in [-0.05, 0) is 54.3 Å². The summed E-state index contributed by atoms with van der Waals surface area (Å²) in [6, 6.07) is 12.7. The van der Waals surface area contributed by atoms with Crippen molar-refractivity contribution < 1.29 is 14.8 Å². The minimum Gasteiger partial charge on any atom is -0.423 e. The van der Waals surface area contributed by atoms with Crippen molar-refractivity contribution in [2.24, 2.45) is 5.73 Å². The third-order valence-electron chi connectivity index (χ3n) is 4.79. The Balaban J connectivity index is 1.86. The zero-order valence-corrected chi connectivity index (χ0v) is 16.5. The smallest absolute Gasteiger partial charge is 0.423 e. The number of carbonyl (C=O) groups is 1. The van der Waals surface area contributed by atoms with Crippen LogP contribution < -0.4 is 16.5 Å². The van der Waals surface area contributed by atoms with Gasteiger partial charge in [0, 0.05) is 36.6 Å². The quantitative estimate of drug-likeness (QED) is 0.440. The number of nitrogens with one attached hydrogen (secondary N) is 1. The Hall–Kier alpha value is -2.78. The first-order valence-electron chi connectivity index (χ1n) is 9.37. The summed E-state index contributed by atoms with van der Waals surface area (Å²) < 4.78 is 0. The number of amides is 1. The number of anilines is 1. The Kier molecular flexibility index (Phi) is 6.61. The second-order valence-electron chi connectivity index (χ2n) is 7.28. The van der Waals surface area contributed by atoms with Gasteiger partial charge in [-0.1, -0.05) is 24.3 Å². The largest absolute Gasteiger partial charge is 0.488 e. The van der Waals surface area contributed by atoms with Gasteiger partial charge < -0.3 is 26.0 Å². The van der Waals surface area contributed by atoms with Gasteiger partial charge in [-0.25, -0.2) is 0 Å². The van der Waals surface area contributed by atoms with Crippen molar-refractivity contribution in [2.45, 2.75) is 12.5 Å². The number of hydrogen-bond donors (Lipinski definition) is 4. The molecule has 1 aromatic heterocycles. The zero-order chi connectivity index (χ0) is 21.0. The highest BCUT2D eigenvalue weighted by Gasteiger charge is 2.23. The maximum atomic E-state index is 12.9. The van der Waals surface area contributed by atoms with Crippen LogP contribution in [0.4, 0.5) is 5.69 Å². The first-order valence-corrected chi connectivity index (χ1v) is 9.37. The Morgan fingerprint density at radius 2 is 1.97 bits per heavy atom. The molecule has 0 aliphatic carbocycles. The average Bonchev–Trinajstić information content (AvgIpc) is 2.68. The molecule has 150 valence electrons. The number of nitrogens with zero attached hydrogens (tertiary/aromatic N) is 2. The number of aromatic nitrogens is 1. The molecule has 1 amide bonds. The van der Waals surface area contributed by atoms with E-state index in [1.54, 1.807) is 24.5 Å². The lowest BCUT2D eigenvalue weighted by atomic mass is 9.75. The molecule has 0 aliphatic rings. The second kappa shape index (κ2) is 9.15. The Morgan fingerprint density at radius 3 is 2.66 bits per heavy atom. The fraction of sp³-hybridized carbons (Fsp3) is 0.238. The molecule has 7 nitrogen and oxygen atoms in total. The van der Waals surface area contributed by atoms with Crippen molar-refractivity contribution in [3.63, 3.8) is 0 Å². The molecule has 1 atom stereocenters. The first-order chi connectivity index (χ1) is 13.9. The summed E-state index contributed by atoms with van der Waals surface area (Å²) in [5, 5.41) is 24.2. The van der Waals surface area contributed by atoms with Crippen LogP contribution in [-0.4, -0.2) is 53.6 Å². The third-order valence-corrected chi connectivity index (χ3v) is 4.79. The van der Waals surface area contributed by atoms with Crippen LogP contribution >= 0.6 is 0 Å². The first kappa shape index (κ1) is 20.9. The highest BCUT2D eigenvalue weighted by atomic mass is 16.4. The highest BCUT2D eigenvalue weighted by molar-refractivity contribution is 6.59. The van der Waals surface area contributed by atoms with E-state index < -0.39 is 13.0 Å². The molecular weight excluding hydrogens is 367 g/mol. The Morgan fingerprint density at radius 1 is 1.17 bits per heavy atom. The van der Waals surface area contributed by atoms with Crippen molar-refractivity contribution in [1.29, 1.82) is 0 Å². The van der Waals surface area contributed by atoms with E-state index in [9.17, 15) is 14.8 Å². The fourth-order valence-electron chi connectivity index (χ4n) is 3.36. The SMILES string of the molecule is CN(C)Cc1cc(C(CN)C(=O)Nc2ccc3cnccc3c2)ccc1B(O)O. The van der Waals surface area contributed by atoms with Crippen molar-refractivity contribution in [2.75, 3.05) is 26.0 Å². The number of carbonyl (C=O) groups excluding carboxylic acids is 1. The number of rotatable bonds is 7. The molecule has 5 N–H and O–H groups in total. The normalized spacial score (nSPS) is 12.2. The minimum atomic E-state index is -1.57. The molecule has 0 fully saturated rings. The van der Waals surface area contributed by atoms with Gasteiger partial charge in [0.15, 0.2) is 0 Å². The molecule has 2 aromatic carbocycles. The van der Waals surface area contributed by atoms with E-state index in [0.717, 1.165) is 21.9 Å². The predicted octanol–water partition coefficient (Wildman–Crippen LogP) is 0.657. The van der Waals surface area contributed by atoms with E-state index in [1.807, 2.05) is 49.3 Å². The summed E-state index contributed by atoms with van der Waals surface area (Å²) in [5.74, 6) is -0.775. The van der Waals surface area contributed by atoms with E-state index in [2.05, 4.69) is 10.3 Å². The van der Waals surface area contributed by atoms with Crippen LogP contribution in [0.15, 0.2) is 54.9 Å². The molecule has 0 saturated heterocycles. The van der Waals surface area contributed by atoms with Crippen molar-refractivity contribution in [3.05, 3.63) is 66.0 Å². The molecule has 3 aromatic rings. The standard InChI is InChI=1S/C21H25BN4O3/c1-26(2)13-17-9-15(4-6-20(17)22(28)29)19(11-23)21(27)25-18-5-3-16-12-24-8-7-14(16)10-18/h3-10,12,19,28-29H,11,13,23H2,1-2H3,(H,25,27). The van der Waals surface area contributed by atoms with E-state index >= 15 is 0 Å². The molecule has 0 spiro atoms. The number of hydrogen-bond acceptors (Lipinski definition) is 6. The van der Waals surface area contributed by atoms with Gasteiger partial charge >= 0.3 is 7.12 Å². The van der Waals surface area contributed by atoms with Crippen LogP contribution in [0.3, 0.4) is 0 Å². The fourth-order valence-corrected chi connectivity index (χ4v) is 3.36. The van der Waals surface area contributed by atoms with Gasteiger partial charge in [-0.3, -0.25) is 9.78 Å². The molecular formula is C21H25BN4O3. The van der Waals surface area contributed by atoms with Crippen LogP contribution in [0.1, 0.15) is 17.0 Å². The monoisotopic (exact) mass is 392 g/mol. The van der Waals surface area contributed by atoms with Gasteiger partial charge in [-0.2, -0.15) is 0 Å². The van der Waals surface area contributed by atoms with E-state index in [0.29, 0.717) is 17.7 Å². The summed E-state index contributed by atoms with van der Waals surface area (Å²) in [7, 11) is 2.21. The van der Waals surface area contributed by atoms with Gasteiger partial charge in [-0.15, -0.1) is 0 Å². The summed E-state index contributed by atoms with van der Waals surface area (Å²) in [6.07, 6.45) is 3.48. The molecule has 1 unspecified atom stereocenters. The van der Waals surface area contributed by atoms with E-state index in [-0.39, 0.29) is 12.5 Å². The highest BCUT2D eigenvalue weighted by Crippen LogP contribution is 2.22. The molecule has 3 rings (SSSR count). The van der Waals surface area contributed by atoms with Gasteiger partial charge in [0.2, 0.25) is 5.91 Å². The van der Waals surface area contributed by atoms with Crippen LogP contribution in [-0.2, 0) is 11.3 Å². The summed E-state index contributed by atoms with van der Waals surface area (Å²) >= 11 is 0. The molecule has 29 heavy (non-hydrogen) atoms. The van der Waals surface area contributed by atoms with Crippen LogP contribution in [0.5, 0.6) is 0 Å². The Labute approximate surface area is 170 Å². The van der Waals surface area contributed by atoms with E-state index in [4.69, 9.17) is 5.73 Å². The molecule has 0 radical (unpaired) electrons. The lowest BCUT2D eigenvalue weighted by Gasteiger charge is -2.20. The van der Waals surface area contributed by atoms with Crippen molar-refractivity contribution in [1.82, 2.24) is 9.88 Å². The maximum absolute atomic E-state index is 12.9. The van der Waals surface area contributed by atoms with Crippen LogP contribution in [0, 0.1) is 0 Å². The lowest BCUT2D eigenvalue weighted by Crippen LogP contribution is -2.35. The van der Waals surface area contributed by atoms with Crippen LogP contribution in [0.2, 0.25) is 0 Å². The zero-order valence-electron chi connectivity index (χ0n) is 16.5. The second-order valence-corrected chi connectivity index (χ2v) is 7.28. The summed E-state index contributed by atoms with van der Waals surface area (Å²) in [6.45, 7) is 0.643. The predicted molar refractivity (Wildman–Crippen MR) is 116 cm³/mol. The molecule has 0 bridgehead atoms. The number of fused-ring (bicyclic) bond motifs is 1. The Bertz CT molecular complexity index is 1010. The summed E-state index contributed by atoms with van der Waals surface area (Å²) in [5.41, 5.74) is 8.50. The lowest BCUT2D eigenvalue weighted by molar-refractivity contribution is -0.117. The van der Waals surface area contributed by atoms with Gasteiger partial charge in [0.05, 0.1) is 5.92 Å². The number of nitrogens with two attached hydrogens (primary N) is 1. The molecule has 0 saturated carbocycles.